The Hall–Kier alpha value is -2.20. The number of aromatic nitrogens is 1. The summed E-state index contributed by atoms with van der Waals surface area (Å²) in [6, 6.07) is 14.5. The van der Waals surface area contributed by atoms with E-state index in [0.29, 0.717) is 6.54 Å². The number of amides is 1. The summed E-state index contributed by atoms with van der Waals surface area (Å²) in [6.07, 6.45) is 4.59. The van der Waals surface area contributed by atoms with E-state index in [4.69, 9.17) is 5.73 Å². The van der Waals surface area contributed by atoms with Gasteiger partial charge in [0.1, 0.15) is 0 Å². The molecule has 8 heteroatoms. The maximum atomic E-state index is 11.5. The van der Waals surface area contributed by atoms with Gasteiger partial charge in [-0.25, -0.2) is 0 Å². The first-order valence-electron chi connectivity index (χ1n) is 10.6. The smallest absolute Gasteiger partial charge is 0.221 e. The summed E-state index contributed by atoms with van der Waals surface area (Å²) in [6.45, 7) is 4.08. The second-order valence-electron chi connectivity index (χ2n) is 7.72. The van der Waals surface area contributed by atoms with Crippen LogP contribution in [0.3, 0.4) is 0 Å². The number of pyridine rings is 1. The average Bonchev–Trinajstić information content (AvgIpc) is 2.77. The lowest BCUT2D eigenvalue weighted by Crippen LogP contribution is -2.40. The van der Waals surface area contributed by atoms with Crippen molar-refractivity contribution >= 4 is 35.8 Å². The van der Waals surface area contributed by atoms with E-state index in [9.17, 15) is 4.79 Å². The molecule has 1 amide bonds. The lowest BCUT2D eigenvalue weighted by Gasteiger charge is -2.31. The number of rotatable bonds is 8. The van der Waals surface area contributed by atoms with Gasteiger partial charge < -0.3 is 16.4 Å². The molecule has 4 N–H and O–H groups in total. The average molecular weight is 536 g/mol. The van der Waals surface area contributed by atoms with Crippen LogP contribution in [0, 0.1) is 5.92 Å². The lowest BCUT2D eigenvalue weighted by atomic mass is 9.97. The predicted octanol–water partition coefficient (Wildman–Crippen LogP) is 2.30. The van der Waals surface area contributed by atoms with Crippen LogP contribution in [-0.2, 0) is 24.3 Å². The molecule has 2 aromatic rings. The number of nitrogens with one attached hydrogen (secondary N) is 2. The summed E-state index contributed by atoms with van der Waals surface area (Å²) in [5, 5.41) is 6.70. The van der Waals surface area contributed by atoms with Crippen molar-refractivity contribution in [2.24, 2.45) is 16.6 Å². The highest BCUT2D eigenvalue weighted by Crippen LogP contribution is 2.18. The van der Waals surface area contributed by atoms with Gasteiger partial charge in [0.05, 0.1) is 5.92 Å². The summed E-state index contributed by atoms with van der Waals surface area (Å²) in [5.41, 5.74) is 9.01. The molecule has 7 nitrogen and oxygen atoms in total. The molecule has 1 saturated heterocycles. The topological polar surface area (TPSA) is 95.6 Å². The van der Waals surface area contributed by atoms with E-state index in [0.717, 1.165) is 57.1 Å². The highest BCUT2D eigenvalue weighted by Gasteiger charge is 2.23. The minimum atomic E-state index is -0.181. The molecule has 1 aromatic heterocycles. The molecular weight excluding hydrogens is 503 g/mol. The Bertz CT molecular complexity index is 845. The zero-order valence-corrected chi connectivity index (χ0v) is 20.4. The monoisotopic (exact) mass is 536 g/mol. The van der Waals surface area contributed by atoms with Gasteiger partial charge in [-0.05, 0) is 42.6 Å². The molecule has 1 aromatic carbocycles. The van der Waals surface area contributed by atoms with Crippen LogP contribution in [0.15, 0.2) is 53.7 Å². The van der Waals surface area contributed by atoms with Crippen LogP contribution in [0.25, 0.3) is 0 Å². The molecule has 0 bridgehead atoms. The van der Waals surface area contributed by atoms with E-state index in [2.05, 4.69) is 49.8 Å². The van der Waals surface area contributed by atoms with Crippen LogP contribution < -0.4 is 16.4 Å². The van der Waals surface area contributed by atoms with Crippen LogP contribution in [0.2, 0.25) is 0 Å². The van der Waals surface area contributed by atoms with Gasteiger partial charge >= 0.3 is 0 Å². The standard InChI is InChI=1S/C23H32N6O.HI/c1-25-23(27-12-10-21-9-2-3-11-26-21)28-15-18-6-4-7-19(14-18)16-29-13-5-8-20(17-29)22(24)30;/h2-4,6-7,9,11,14,20H,5,8,10,12-13,15-17H2,1H3,(H2,24,30)(H2,25,27,28);1H. The highest BCUT2D eigenvalue weighted by molar-refractivity contribution is 14.0. The molecule has 2 heterocycles. The first-order valence-corrected chi connectivity index (χ1v) is 10.6. The third-order valence-electron chi connectivity index (χ3n) is 5.39. The van der Waals surface area contributed by atoms with Crippen LogP contribution in [0.5, 0.6) is 0 Å². The first kappa shape index (κ1) is 25.1. The number of nitrogens with zero attached hydrogens (tertiary/aromatic N) is 3. The van der Waals surface area contributed by atoms with Gasteiger partial charge in [0.2, 0.25) is 5.91 Å². The number of piperidine rings is 1. The maximum absolute atomic E-state index is 11.5. The van der Waals surface area contributed by atoms with Crippen LogP contribution >= 0.6 is 24.0 Å². The number of benzene rings is 1. The Kier molecular flexibility index (Phi) is 10.7. The molecule has 0 radical (unpaired) electrons. The van der Waals surface area contributed by atoms with Gasteiger partial charge in [-0.2, -0.15) is 0 Å². The van der Waals surface area contributed by atoms with Gasteiger partial charge in [-0.3, -0.25) is 19.7 Å². The number of nitrogens with two attached hydrogens (primary N) is 1. The predicted molar refractivity (Wildman–Crippen MR) is 135 cm³/mol. The normalized spacial score (nSPS) is 16.9. The number of hydrogen-bond donors (Lipinski definition) is 3. The molecule has 1 aliphatic rings. The molecule has 1 atom stereocenters. The van der Waals surface area contributed by atoms with Crippen molar-refractivity contribution in [2.75, 3.05) is 26.7 Å². The summed E-state index contributed by atoms with van der Waals surface area (Å²) < 4.78 is 0. The van der Waals surface area contributed by atoms with E-state index in [1.54, 1.807) is 7.05 Å². The number of primary amides is 1. The molecule has 1 fully saturated rings. The lowest BCUT2D eigenvalue weighted by molar-refractivity contribution is -0.123. The van der Waals surface area contributed by atoms with E-state index >= 15 is 0 Å². The fraction of sp³-hybridized carbons (Fsp3) is 0.435. The molecule has 0 saturated carbocycles. The zero-order valence-electron chi connectivity index (χ0n) is 18.1. The summed E-state index contributed by atoms with van der Waals surface area (Å²) in [7, 11) is 1.78. The molecule has 31 heavy (non-hydrogen) atoms. The fourth-order valence-corrected chi connectivity index (χ4v) is 3.79. The van der Waals surface area contributed by atoms with E-state index in [1.807, 2.05) is 24.4 Å². The molecule has 1 unspecified atom stereocenters. The second kappa shape index (κ2) is 13.3. The third kappa shape index (κ3) is 8.45. The van der Waals surface area contributed by atoms with Gasteiger partial charge in [0.25, 0.3) is 0 Å². The van der Waals surface area contributed by atoms with Crippen LogP contribution in [0.4, 0.5) is 0 Å². The Morgan fingerprint density at radius 1 is 1.23 bits per heavy atom. The number of carbonyl (C=O) groups excluding carboxylic acids is 1. The van der Waals surface area contributed by atoms with Crippen molar-refractivity contribution < 1.29 is 4.79 Å². The van der Waals surface area contributed by atoms with Crippen molar-refractivity contribution in [3.05, 3.63) is 65.5 Å². The molecule has 0 aliphatic carbocycles. The van der Waals surface area contributed by atoms with Crippen molar-refractivity contribution in [1.82, 2.24) is 20.5 Å². The minimum absolute atomic E-state index is 0. The number of guanidine groups is 1. The summed E-state index contributed by atoms with van der Waals surface area (Å²) >= 11 is 0. The molecule has 1 aliphatic heterocycles. The number of likely N-dealkylation sites (tertiary alicyclic amines) is 1. The number of halogens is 1. The van der Waals surface area contributed by atoms with E-state index < -0.39 is 0 Å². The number of aliphatic imine (C=N–C) groups is 1. The molecule has 3 rings (SSSR count). The third-order valence-corrected chi connectivity index (χ3v) is 5.39. The van der Waals surface area contributed by atoms with Crippen molar-refractivity contribution in [3.63, 3.8) is 0 Å². The number of hydrogen-bond acceptors (Lipinski definition) is 4. The number of carbonyl (C=O) groups is 1. The fourth-order valence-electron chi connectivity index (χ4n) is 3.79. The van der Waals surface area contributed by atoms with Crippen molar-refractivity contribution in [1.29, 1.82) is 0 Å². The molecular formula is C23H33IN6O. The van der Waals surface area contributed by atoms with E-state index in [1.165, 1.54) is 11.1 Å². The SMILES string of the molecule is CN=C(NCCc1ccccn1)NCc1cccc(CN2CCCC(C(N)=O)C2)c1.I. The maximum Gasteiger partial charge on any atom is 0.221 e. The second-order valence-corrected chi connectivity index (χ2v) is 7.72. The largest absolute Gasteiger partial charge is 0.369 e. The molecule has 0 spiro atoms. The van der Waals surface area contributed by atoms with E-state index in [-0.39, 0.29) is 35.8 Å². The first-order chi connectivity index (χ1) is 14.6. The van der Waals surface area contributed by atoms with Gasteiger partial charge in [0.15, 0.2) is 5.96 Å². The Labute approximate surface area is 201 Å². The highest BCUT2D eigenvalue weighted by atomic mass is 127. The Morgan fingerprint density at radius 2 is 2.06 bits per heavy atom. The summed E-state index contributed by atoms with van der Waals surface area (Å²) in [5.74, 6) is 0.570. The van der Waals surface area contributed by atoms with Crippen LogP contribution in [0.1, 0.15) is 29.7 Å². The van der Waals surface area contributed by atoms with Gasteiger partial charge in [-0.1, -0.05) is 30.3 Å². The minimum Gasteiger partial charge on any atom is -0.369 e. The van der Waals surface area contributed by atoms with Crippen LogP contribution in [-0.4, -0.2) is 48.4 Å². The van der Waals surface area contributed by atoms with Gasteiger partial charge in [-0.15, -0.1) is 24.0 Å². The zero-order chi connectivity index (χ0) is 21.2. The van der Waals surface area contributed by atoms with Crippen molar-refractivity contribution in [3.8, 4) is 0 Å². The van der Waals surface area contributed by atoms with Crippen molar-refractivity contribution in [2.45, 2.75) is 32.4 Å². The molecule has 168 valence electrons. The van der Waals surface area contributed by atoms with Gasteiger partial charge in [0, 0.05) is 51.5 Å². The quantitative estimate of drug-likeness (QED) is 0.274. The summed E-state index contributed by atoms with van der Waals surface area (Å²) in [4.78, 5) is 22.5. The Morgan fingerprint density at radius 3 is 2.81 bits per heavy atom. The Balaban J connectivity index is 0.00000341.